The van der Waals surface area contributed by atoms with Crippen LogP contribution in [-0.4, -0.2) is 22.6 Å². The van der Waals surface area contributed by atoms with Gasteiger partial charge < -0.3 is 15.8 Å². The second kappa shape index (κ2) is 6.33. The predicted octanol–water partition coefficient (Wildman–Crippen LogP) is 2.33. The quantitative estimate of drug-likeness (QED) is 0.825. The summed E-state index contributed by atoms with van der Waals surface area (Å²) in [6.07, 6.45) is 1.66. The molecular weight excluding hydrogens is 276 g/mol. The standard InChI is InChI=1S/C13H16N4O2S/c1-3-4-10-12(20-17-16-10)13(18)15-8-5-6-9(14)11(7-8)19-2/h5-7H,3-4,14H2,1-2H3,(H,15,18). The van der Waals surface area contributed by atoms with Gasteiger partial charge in [-0.3, -0.25) is 4.79 Å². The molecule has 7 heteroatoms. The Balaban J connectivity index is 2.17. The number of rotatable bonds is 5. The van der Waals surface area contributed by atoms with Gasteiger partial charge in [0.15, 0.2) is 0 Å². The maximum atomic E-state index is 12.2. The number of amides is 1. The number of aromatic nitrogens is 2. The minimum Gasteiger partial charge on any atom is -0.495 e. The Morgan fingerprint density at radius 1 is 1.50 bits per heavy atom. The molecule has 0 saturated heterocycles. The lowest BCUT2D eigenvalue weighted by Crippen LogP contribution is -2.12. The van der Waals surface area contributed by atoms with Crippen LogP contribution in [0.25, 0.3) is 0 Å². The number of hydrogen-bond acceptors (Lipinski definition) is 6. The number of benzene rings is 1. The van der Waals surface area contributed by atoms with Crippen molar-refractivity contribution in [3.8, 4) is 5.75 Å². The topological polar surface area (TPSA) is 90.1 Å². The zero-order valence-corrected chi connectivity index (χ0v) is 12.2. The van der Waals surface area contributed by atoms with Crippen molar-refractivity contribution in [2.75, 3.05) is 18.2 Å². The monoisotopic (exact) mass is 292 g/mol. The second-order valence-electron chi connectivity index (χ2n) is 4.21. The Kier molecular flexibility index (Phi) is 4.52. The molecule has 0 unspecified atom stereocenters. The molecule has 2 rings (SSSR count). The van der Waals surface area contributed by atoms with Crippen LogP contribution in [0.2, 0.25) is 0 Å². The molecule has 0 radical (unpaired) electrons. The number of carbonyl (C=O) groups excluding carboxylic acids is 1. The molecule has 0 bridgehead atoms. The summed E-state index contributed by atoms with van der Waals surface area (Å²) >= 11 is 1.10. The van der Waals surface area contributed by atoms with Crippen molar-refractivity contribution >= 4 is 28.8 Å². The van der Waals surface area contributed by atoms with E-state index in [0.29, 0.717) is 22.0 Å². The number of hydrogen-bond donors (Lipinski definition) is 2. The zero-order chi connectivity index (χ0) is 14.5. The van der Waals surface area contributed by atoms with E-state index in [1.165, 1.54) is 7.11 Å². The predicted molar refractivity (Wildman–Crippen MR) is 79.3 cm³/mol. The molecular formula is C13H16N4O2S. The maximum absolute atomic E-state index is 12.2. The highest BCUT2D eigenvalue weighted by Crippen LogP contribution is 2.25. The van der Waals surface area contributed by atoms with Crippen LogP contribution in [0.15, 0.2) is 18.2 Å². The average Bonchev–Trinajstić information content (AvgIpc) is 2.89. The molecule has 106 valence electrons. The largest absolute Gasteiger partial charge is 0.495 e. The van der Waals surface area contributed by atoms with E-state index >= 15 is 0 Å². The van der Waals surface area contributed by atoms with Crippen molar-refractivity contribution in [2.45, 2.75) is 19.8 Å². The van der Waals surface area contributed by atoms with E-state index in [4.69, 9.17) is 10.5 Å². The van der Waals surface area contributed by atoms with Gasteiger partial charge >= 0.3 is 0 Å². The van der Waals surface area contributed by atoms with E-state index in [1.54, 1.807) is 18.2 Å². The lowest BCUT2D eigenvalue weighted by atomic mass is 10.2. The van der Waals surface area contributed by atoms with Crippen molar-refractivity contribution < 1.29 is 9.53 Å². The molecule has 0 aliphatic rings. The van der Waals surface area contributed by atoms with Gasteiger partial charge in [0.25, 0.3) is 5.91 Å². The van der Waals surface area contributed by atoms with Crippen LogP contribution < -0.4 is 15.8 Å². The number of nitrogens with two attached hydrogens (primary N) is 1. The molecule has 0 fully saturated rings. The lowest BCUT2D eigenvalue weighted by Gasteiger charge is -2.08. The number of methoxy groups -OCH3 is 1. The Labute approximate surface area is 121 Å². The molecule has 6 nitrogen and oxygen atoms in total. The Bertz CT molecular complexity index is 612. The smallest absolute Gasteiger partial charge is 0.269 e. The van der Waals surface area contributed by atoms with Gasteiger partial charge in [-0.1, -0.05) is 17.8 Å². The lowest BCUT2D eigenvalue weighted by molar-refractivity contribution is 0.102. The van der Waals surface area contributed by atoms with Gasteiger partial charge in [-0.2, -0.15) is 0 Å². The van der Waals surface area contributed by atoms with E-state index in [9.17, 15) is 4.79 Å². The molecule has 0 spiro atoms. The minimum atomic E-state index is -0.213. The number of carbonyl (C=O) groups is 1. The molecule has 1 aromatic carbocycles. The maximum Gasteiger partial charge on any atom is 0.269 e. The summed E-state index contributed by atoms with van der Waals surface area (Å²) in [7, 11) is 1.53. The van der Waals surface area contributed by atoms with Gasteiger partial charge in [0, 0.05) is 11.8 Å². The number of nitrogens with one attached hydrogen (secondary N) is 1. The highest BCUT2D eigenvalue weighted by molar-refractivity contribution is 7.08. The Morgan fingerprint density at radius 3 is 3.00 bits per heavy atom. The van der Waals surface area contributed by atoms with Crippen LogP contribution in [0.5, 0.6) is 5.75 Å². The molecule has 2 aromatic rings. The number of aryl methyl sites for hydroxylation is 1. The average molecular weight is 292 g/mol. The van der Waals surface area contributed by atoms with Crippen LogP contribution in [0.4, 0.5) is 11.4 Å². The van der Waals surface area contributed by atoms with Gasteiger partial charge in [0.05, 0.1) is 18.5 Å². The second-order valence-corrected chi connectivity index (χ2v) is 4.96. The molecule has 1 amide bonds. The zero-order valence-electron chi connectivity index (χ0n) is 11.3. The first kappa shape index (κ1) is 14.3. The normalized spacial score (nSPS) is 10.3. The van der Waals surface area contributed by atoms with Crippen LogP contribution in [0.1, 0.15) is 28.7 Å². The van der Waals surface area contributed by atoms with Crippen LogP contribution >= 0.6 is 11.5 Å². The van der Waals surface area contributed by atoms with E-state index < -0.39 is 0 Å². The van der Waals surface area contributed by atoms with Crippen molar-refractivity contribution in [3.63, 3.8) is 0 Å². The summed E-state index contributed by atoms with van der Waals surface area (Å²) in [5.74, 6) is 0.314. The van der Waals surface area contributed by atoms with Gasteiger partial charge in [0.2, 0.25) is 0 Å². The number of anilines is 2. The fraction of sp³-hybridized carbons (Fsp3) is 0.308. The van der Waals surface area contributed by atoms with Crippen molar-refractivity contribution in [1.29, 1.82) is 0 Å². The summed E-state index contributed by atoms with van der Waals surface area (Å²) < 4.78 is 8.96. The summed E-state index contributed by atoms with van der Waals surface area (Å²) in [5, 5.41) is 6.78. The van der Waals surface area contributed by atoms with Crippen molar-refractivity contribution in [1.82, 2.24) is 9.59 Å². The third-order valence-corrected chi connectivity index (χ3v) is 3.51. The fourth-order valence-electron chi connectivity index (χ4n) is 1.76. The molecule has 20 heavy (non-hydrogen) atoms. The van der Waals surface area contributed by atoms with E-state index in [2.05, 4.69) is 14.9 Å². The van der Waals surface area contributed by atoms with Gasteiger partial charge in [-0.05, 0) is 30.1 Å². The van der Waals surface area contributed by atoms with Gasteiger partial charge in [0.1, 0.15) is 10.6 Å². The van der Waals surface area contributed by atoms with Crippen LogP contribution in [0.3, 0.4) is 0 Å². The molecule has 1 aromatic heterocycles. The summed E-state index contributed by atoms with van der Waals surface area (Å²) in [6, 6.07) is 5.09. The summed E-state index contributed by atoms with van der Waals surface area (Å²) in [6.45, 7) is 2.03. The number of nitrogen functional groups attached to an aromatic ring is 1. The molecule has 3 N–H and O–H groups in total. The highest BCUT2D eigenvalue weighted by atomic mass is 32.1. The molecule has 0 aliphatic carbocycles. The van der Waals surface area contributed by atoms with Crippen molar-refractivity contribution in [2.24, 2.45) is 0 Å². The Hall–Kier alpha value is -2.15. The van der Waals surface area contributed by atoms with E-state index in [0.717, 1.165) is 30.1 Å². The first-order valence-electron chi connectivity index (χ1n) is 6.21. The van der Waals surface area contributed by atoms with Crippen LogP contribution in [-0.2, 0) is 6.42 Å². The SMILES string of the molecule is CCCc1nnsc1C(=O)Nc1ccc(N)c(OC)c1. The molecule has 0 aliphatic heterocycles. The fourth-order valence-corrected chi connectivity index (χ4v) is 2.36. The number of ether oxygens (including phenoxy) is 1. The van der Waals surface area contributed by atoms with E-state index in [-0.39, 0.29) is 5.91 Å². The minimum absolute atomic E-state index is 0.213. The molecule has 0 saturated carbocycles. The molecule has 1 heterocycles. The third kappa shape index (κ3) is 3.05. The van der Waals surface area contributed by atoms with E-state index in [1.807, 2.05) is 6.92 Å². The van der Waals surface area contributed by atoms with Crippen LogP contribution in [0, 0.1) is 0 Å². The third-order valence-electron chi connectivity index (χ3n) is 2.74. The first-order chi connectivity index (χ1) is 9.65. The highest BCUT2D eigenvalue weighted by Gasteiger charge is 2.16. The van der Waals surface area contributed by atoms with Gasteiger partial charge in [-0.15, -0.1) is 5.10 Å². The number of nitrogens with zero attached hydrogens (tertiary/aromatic N) is 2. The van der Waals surface area contributed by atoms with Gasteiger partial charge in [-0.25, -0.2) is 0 Å². The van der Waals surface area contributed by atoms with Crippen molar-refractivity contribution in [3.05, 3.63) is 28.8 Å². The summed E-state index contributed by atoms with van der Waals surface area (Å²) in [4.78, 5) is 12.7. The molecule has 0 atom stereocenters. The summed E-state index contributed by atoms with van der Waals surface area (Å²) in [5.41, 5.74) is 7.61. The first-order valence-corrected chi connectivity index (χ1v) is 6.99. The Morgan fingerprint density at radius 2 is 2.30 bits per heavy atom.